The second-order valence-electron chi connectivity index (χ2n) is 5.89. The summed E-state index contributed by atoms with van der Waals surface area (Å²) in [6.45, 7) is 0. The van der Waals surface area contributed by atoms with Crippen LogP contribution in [0.1, 0.15) is 22.3 Å². The van der Waals surface area contributed by atoms with E-state index in [1.807, 2.05) is 60.7 Å². The molecule has 130 valence electrons. The van der Waals surface area contributed by atoms with Gasteiger partial charge in [0.1, 0.15) is 17.2 Å². The van der Waals surface area contributed by atoms with E-state index in [2.05, 4.69) is 6.07 Å². The van der Waals surface area contributed by atoms with Crippen molar-refractivity contribution in [1.82, 2.24) is 0 Å². The first-order valence-corrected chi connectivity index (χ1v) is 8.26. The molecule has 0 aliphatic carbocycles. The molecule has 3 heteroatoms. The molecule has 3 aromatic rings. The van der Waals surface area contributed by atoms with Gasteiger partial charge >= 0.3 is 0 Å². The van der Waals surface area contributed by atoms with Crippen molar-refractivity contribution < 1.29 is 14.9 Å². The number of hydrogen-bond donors (Lipinski definition) is 2. The van der Waals surface area contributed by atoms with Gasteiger partial charge in [0.15, 0.2) is 0 Å². The molecule has 26 heavy (non-hydrogen) atoms. The van der Waals surface area contributed by atoms with Crippen molar-refractivity contribution in [3.05, 3.63) is 89.0 Å². The van der Waals surface area contributed by atoms with E-state index in [9.17, 15) is 10.2 Å². The molecule has 2 N–H and O–H groups in total. The highest BCUT2D eigenvalue weighted by Gasteiger charge is 1.98. The molecule has 0 saturated carbocycles. The van der Waals surface area contributed by atoms with Crippen molar-refractivity contribution >= 4 is 24.3 Å². The number of phenols is 2. The van der Waals surface area contributed by atoms with Crippen LogP contribution in [-0.4, -0.2) is 17.3 Å². The Morgan fingerprint density at radius 1 is 0.577 bits per heavy atom. The molecule has 0 unspecified atom stereocenters. The van der Waals surface area contributed by atoms with Gasteiger partial charge in [-0.2, -0.15) is 0 Å². The highest BCUT2D eigenvalue weighted by atomic mass is 16.5. The summed E-state index contributed by atoms with van der Waals surface area (Å²) in [5, 5.41) is 18.7. The summed E-state index contributed by atoms with van der Waals surface area (Å²) in [5.41, 5.74) is 4.05. The first kappa shape index (κ1) is 17.4. The summed E-state index contributed by atoms with van der Waals surface area (Å²) >= 11 is 0. The molecule has 0 radical (unpaired) electrons. The fraction of sp³-hybridized carbons (Fsp3) is 0.0435. The molecule has 0 amide bonds. The highest BCUT2D eigenvalue weighted by molar-refractivity contribution is 5.75. The van der Waals surface area contributed by atoms with E-state index < -0.39 is 0 Å². The van der Waals surface area contributed by atoms with Gasteiger partial charge in [-0.25, -0.2) is 0 Å². The Balaban J connectivity index is 1.83. The lowest BCUT2D eigenvalue weighted by Gasteiger charge is -2.04. The zero-order chi connectivity index (χ0) is 18.4. The zero-order valence-corrected chi connectivity index (χ0v) is 14.5. The molecule has 0 saturated heterocycles. The normalized spacial score (nSPS) is 11.3. The van der Waals surface area contributed by atoms with E-state index in [1.165, 1.54) is 0 Å². The maximum absolute atomic E-state index is 9.35. The van der Waals surface area contributed by atoms with E-state index in [0.29, 0.717) is 0 Å². The van der Waals surface area contributed by atoms with Gasteiger partial charge in [0.05, 0.1) is 7.11 Å². The van der Waals surface area contributed by atoms with Crippen LogP contribution >= 0.6 is 0 Å². The third kappa shape index (κ3) is 4.77. The smallest absolute Gasteiger partial charge is 0.120 e. The van der Waals surface area contributed by atoms with Crippen LogP contribution in [0, 0.1) is 0 Å². The van der Waals surface area contributed by atoms with Crippen LogP contribution in [0.4, 0.5) is 0 Å². The number of phenolic OH excluding ortho intramolecular Hbond substituents is 2. The minimum atomic E-state index is 0.255. The van der Waals surface area contributed by atoms with Crippen LogP contribution in [-0.2, 0) is 0 Å². The summed E-state index contributed by atoms with van der Waals surface area (Å²) < 4.78 is 5.40. The predicted octanol–water partition coefficient (Wildman–Crippen LogP) is 5.45. The van der Waals surface area contributed by atoms with Crippen molar-refractivity contribution in [1.29, 1.82) is 0 Å². The lowest BCUT2D eigenvalue weighted by atomic mass is 10.1. The van der Waals surface area contributed by atoms with Gasteiger partial charge in [0, 0.05) is 0 Å². The third-order valence-corrected chi connectivity index (χ3v) is 3.91. The molecule has 0 spiro atoms. The SMILES string of the molecule is COc1cc(/C=C/c2ccc(O)cc2)cc(/C=C/c2ccc(O)cc2)c1. The Morgan fingerprint density at radius 3 is 1.35 bits per heavy atom. The van der Waals surface area contributed by atoms with E-state index in [1.54, 1.807) is 31.4 Å². The Morgan fingerprint density at radius 2 is 0.962 bits per heavy atom. The minimum Gasteiger partial charge on any atom is -0.508 e. The van der Waals surface area contributed by atoms with Gasteiger partial charge in [0.2, 0.25) is 0 Å². The van der Waals surface area contributed by atoms with Crippen molar-refractivity contribution in [2.45, 2.75) is 0 Å². The molecule has 3 aromatic carbocycles. The predicted molar refractivity (Wildman–Crippen MR) is 107 cm³/mol. The molecule has 0 heterocycles. The number of ether oxygens (including phenoxy) is 1. The van der Waals surface area contributed by atoms with Crippen molar-refractivity contribution in [3.63, 3.8) is 0 Å². The van der Waals surface area contributed by atoms with Crippen LogP contribution in [0.2, 0.25) is 0 Å². The molecular formula is C23H20O3. The summed E-state index contributed by atoms with van der Waals surface area (Å²) in [7, 11) is 1.65. The number of benzene rings is 3. The third-order valence-electron chi connectivity index (χ3n) is 3.91. The average molecular weight is 344 g/mol. The zero-order valence-electron chi connectivity index (χ0n) is 14.5. The fourth-order valence-corrected chi connectivity index (χ4v) is 2.51. The number of aromatic hydroxyl groups is 2. The molecule has 0 atom stereocenters. The molecule has 0 bridgehead atoms. The van der Waals surface area contributed by atoms with Crippen LogP contribution in [0.25, 0.3) is 24.3 Å². The molecular weight excluding hydrogens is 324 g/mol. The molecule has 0 fully saturated rings. The number of hydrogen-bond acceptors (Lipinski definition) is 3. The quantitative estimate of drug-likeness (QED) is 0.605. The van der Waals surface area contributed by atoms with Gasteiger partial charge in [-0.3, -0.25) is 0 Å². The summed E-state index contributed by atoms with van der Waals surface area (Å²) in [6, 6.07) is 20.1. The van der Waals surface area contributed by atoms with Crippen LogP contribution in [0.15, 0.2) is 66.7 Å². The molecule has 3 nitrogen and oxygen atoms in total. The largest absolute Gasteiger partial charge is 0.508 e. The Kier molecular flexibility index (Phi) is 5.40. The average Bonchev–Trinajstić information content (AvgIpc) is 2.67. The summed E-state index contributed by atoms with van der Waals surface area (Å²) in [5.74, 6) is 1.29. The van der Waals surface area contributed by atoms with Gasteiger partial charge in [0.25, 0.3) is 0 Å². The van der Waals surface area contributed by atoms with Crippen LogP contribution < -0.4 is 4.74 Å². The molecule has 0 aliphatic heterocycles. The van der Waals surface area contributed by atoms with E-state index in [4.69, 9.17) is 4.74 Å². The van der Waals surface area contributed by atoms with Crippen molar-refractivity contribution in [2.75, 3.05) is 7.11 Å². The first-order valence-electron chi connectivity index (χ1n) is 8.26. The molecule has 0 aromatic heterocycles. The highest BCUT2D eigenvalue weighted by Crippen LogP contribution is 2.22. The molecule has 3 rings (SSSR count). The minimum absolute atomic E-state index is 0.255. The van der Waals surface area contributed by atoms with Crippen LogP contribution in [0.5, 0.6) is 17.2 Å². The second-order valence-corrected chi connectivity index (χ2v) is 5.89. The lowest BCUT2D eigenvalue weighted by molar-refractivity contribution is 0.414. The van der Waals surface area contributed by atoms with Crippen molar-refractivity contribution in [3.8, 4) is 17.2 Å². The van der Waals surface area contributed by atoms with Crippen molar-refractivity contribution in [2.24, 2.45) is 0 Å². The maximum atomic E-state index is 9.35. The summed E-state index contributed by atoms with van der Waals surface area (Å²) in [6.07, 6.45) is 7.99. The summed E-state index contributed by atoms with van der Waals surface area (Å²) in [4.78, 5) is 0. The first-order chi connectivity index (χ1) is 12.6. The van der Waals surface area contributed by atoms with Gasteiger partial charge in [-0.15, -0.1) is 0 Å². The van der Waals surface area contributed by atoms with Crippen LogP contribution in [0.3, 0.4) is 0 Å². The Hall–Kier alpha value is -3.46. The topological polar surface area (TPSA) is 49.7 Å². The molecule has 0 aliphatic rings. The number of rotatable bonds is 5. The monoisotopic (exact) mass is 344 g/mol. The standard InChI is InChI=1S/C23H20O3/c1-26-23-15-19(4-2-17-6-10-21(24)11-7-17)14-20(16-23)5-3-18-8-12-22(25)13-9-18/h2-16,24-25H,1H3/b4-2+,5-3+. The number of methoxy groups -OCH3 is 1. The fourth-order valence-electron chi connectivity index (χ4n) is 2.51. The van der Waals surface area contributed by atoms with E-state index >= 15 is 0 Å². The maximum Gasteiger partial charge on any atom is 0.120 e. The van der Waals surface area contributed by atoms with E-state index in [-0.39, 0.29) is 11.5 Å². The second kappa shape index (κ2) is 8.08. The Labute approximate surface area is 153 Å². The van der Waals surface area contributed by atoms with Gasteiger partial charge < -0.3 is 14.9 Å². The Bertz CT molecular complexity index is 847. The lowest BCUT2D eigenvalue weighted by Crippen LogP contribution is -1.85. The van der Waals surface area contributed by atoms with E-state index in [0.717, 1.165) is 28.0 Å². The van der Waals surface area contributed by atoms with Gasteiger partial charge in [-0.05, 0) is 64.7 Å². The van der Waals surface area contributed by atoms with Gasteiger partial charge in [-0.1, -0.05) is 48.6 Å².